The Morgan fingerprint density at radius 2 is 1.68 bits per heavy atom. The van der Waals surface area contributed by atoms with E-state index in [9.17, 15) is 0 Å². The highest BCUT2D eigenvalue weighted by Crippen LogP contribution is 2.26. The van der Waals surface area contributed by atoms with Gasteiger partial charge in [-0.2, -0.15) is 0 Å². The van der Waals surface area contributed by atoms with Crippen LogP contribution in [0.4, 0.5) is 0 Å². The van der Waals surface area contributed by atoms with Crippen molar-refractivity contribution < 1.29 is 4.74 Å². The maximum absolute atomic E-state index is 5.76. The molecular weight excluding hydrogens is 376 g/mol. The van der Waals surface area contributed by atoms with Crippen LogP contribution in [0.5, 0.6) is 5.75 Å². The van der Waals surface area contributed by atoms with E-state index in [1.807, 2.05) is 13.8 Å². The van der Waals surface area contributed by atoms with Crippen molar-refractivity contribution >= 4 is 15.9 Å². The monoisotopic (exact) mass is 412 g/mol. The van der Waals surface area contributed by atoms with Gasteiger partial charge < -0.3 is 15.0 Å². The summed E-state index contributed by atoms with van der Waals surface area (Å²) >= 11 is 3.61. The molecule has 0 bridgehead atoms. The number of nitrogens with zero attached hydrogens (tertiary/aromatic N) is 1. The van der Waals surface area contributed by atoms with E-state index in [0.717, 1.165) is 23.3 Å². The minimum atomic E-state index is 0.198. The zero-order chi connectivity index (χ0) is 18.5. The Balaban J connectivity index is 2.28. The molecule has 0 aliphatic rings. The Morgan fingerprint density at radius 3 is 2.24 bits per heavy atom. The molecule has 0 spiro atoms. The molecule has 0 aliphatic heterocycles. The Labute approximate surface area is 163 Å². The van der Waals surface area contributed by atoms with Gasteiger partial charge in [0.05, 0.1) is 10.6 Å². The van der Waals surface area contributed by atoms with Gasteiger partial charge in [-0.05, 0) is 92.9 Å². The predicted molar refractivity (Wildman–Crippen MR) is 112 cm³/mol. The number of hydrogen-bond acceptors (Lipinski definition) is 3. The number of nitrogens with one attached hydrogen (secondary N) is 1. The number of unbranched alkanes of at least 4 members (excludes halogenated alkanes) is 2. The molecule has 144 valence electrons. The molecule has 4 heteroatoms. The van der Waals surface area contributed by atoms with Crippen LogP contribution in [0.1, 0.15) is 65.4 Å². The zero-order valence-electron chi connectivity index (χ0n) is 16.6. The van der Waals surface area contributed by atoms with E-state index in [4.69, 9.17) is 4.74 Å². The van der Waals surface area contributed by atoms with Gasteiger partial charge in [0, 0.05) is 6.54 Å². The van der Waals surface area contributed by atoms with Crippen molar-refractivity contribution in [2.75, 3.05) is 26.2 Å². The van der Waals surface area contributed by atoms with Gasteiger partial charge in [0.1, 0.15) is 5.75 Å². The lowest BCUT2D eigenvalue weighted by Crippen LogP contribution is -2.29. The molecule has 0 saturated carbocycles. The topological polar surface area (TPSA) is 24.5 Å². The van der Waals surface area contributed by atoms with Crippen molar-refractivity contribution in [3.63, 3.8) is 0 Å². The lowest BCUT2D eigenvalue weighted by molar-refractivity contribution is 0.241. The summed E-state index contributed by atoms with van der Waals surface area (Å²) in [5, 5.41) is 3.57. The number of halogens is 1. The summed E-state index contributed by atoms with van der Waals surface area (Å²) in [5.41, 5.74) is 1.29. The van der Waals surface area contributed by atoms with Crippen LogP contribution >= 0.6 is 15.9 Å². The van der Waals surface area contributed by atoms with Crippen LogP contribution in [0.2, 0.25) is 0 Å². The summed E-state index contributed by atoms with van der Waals surface area (Å²) in [4.78, 5) is 2.63. The van der Waals surface area contributed by atoms with Crippen molar-refractivity contribution in [3.8, 4) is 5.75 Å². The van der Waals surface area contributed by atoms with Gasteiger partial charge in [0.25, 0.3) is 0 Å². The molecule has 1 N–H and O–H groups in total. The van der Waals surface area contributed by atoms with Crippen LogP contribution in [-0.2, 0) is 6.54 Å². The third kappa shape index (κ3) is 10.2. The van der Waals surface area contributed by atoms with Crippen LogP contribution in [0.25, 0.3) is 0 Å². The molecule has 1 aromatic rings. The van der Waals surface area contributed by atoms with Crippen LogP contribution in [0.3, 0.4) is 0 Å². The third-order valence-electron chi connectivity index (χ3n) is 4.17. The van der Waals surface area contributed by atoms with Crippen molar-refractivity contribution in [2.45, 2.75) is 72.4 Å². The third-order valence-corrected chi connectivity index (χ3v) is 4.79. The smallest absolute Gasteiger partial charge is 0.133 e. The Bertz CT molecular complexity index is 457. The van der Waals surface area contributed by atoms with Crippen LogP contribution in [-0.4, -0.2) is 37.2 Å². The average molecular weight is 413 g/mol. The predicted octanol–water partition coefficient (Wildman–Crippen LogP) is 5.62. The summed E-state index contributed by atoms with van der Waals surface area (Å²) in [6, 6.07) is 6.35. The fraction of sp³-hybridized carbons (Fsp3) is 0.714. The van der Waals surface area contributed by atoms with Crippen molar-refractivity contribution in [1.82, 2.24) is 10.2 Å². The van der Waals surface area contributed by atoms with E-state index < -0.39 is 0 Å². The molecule has 0 fully saturated rings. The summed E-state index contributed by atoms with van der Waals surface area (Å²) < 4.78 is 6.79. The largest absolute Gasteiger partial charge is 0.490 e. The number of hydrogen-bond donors (Lipinski definition) is 1. The SMILES string of the molecule is CCCCN(CCCC)CCCNCc1ccc(OC(C)C)c(Br)c1. The maximum Gasteiger partial charge on any atom is 0.133 e. The highest BCUT2D eigenvalue weighted by atomic mass is 79.9. The summed E-state index contributed by atoms with van der Waals surface area (Å²) in [6.45, 7) is 14.3. The molecular formula is C21H37BrN2O. The van der Waals surface area contributed by atoms with Crippen LogP contribution < -0.4 is 10.1 Å². The minimum absolute atomic E-state index is 0.198. The molecule has 0 unspecified atom stereocenters. The number of ether oxygens (including phenoxy) is 1. The summed E-state index contributed by atoms with van der Waals surface area (Å²) in [7, 11) is 0. The molecule has 0 aliphatic carbocycles. The van der Waals surface area contributed by atoms with Gasteiger partial charge in [0.15, 0.2) is 0 Å². The van der Waals surface area contributed by atoms with Crippen molar-refractivity contribution in [1.29, 1.82) is 0 Å². The summed E-state index contributed by atoms with van der Waals surface area (Å²) in [6.07, 6.45) is 6.61. The van der Waals surface area contributed by atoms with E-state index in [2.05, 4.69) is 58.2 Å². The molecule has 0 saturated heterocycles. The first-order valence-electron chi connectivity index (χ1n) is 9.95. The molecule has 0 radical (unpaired) electrons. The second-order valence-corrected chi connectivity index (χ2v) is 7.86. The van der Waals surface area contributed by atoms with Gasteiger partial charge in [-0.25, -0.2) is 0 Å². The van der Waals surface area contributed by atoms with Gasteiger partial charge in [-0.15, -0.1) is 0 Å². The quantitative estimate of drug-likeness (QED) is 0.401. The molecule has 3 nitrogen and oxygen atoms in total. The van der Waals surface area contributed by atoms with E-state index in [1.54, 1.807) is 0 Å². The van der Waals surface area contributed by atoms with E-state index >= 15 is 0 Å². The highest BCUT2D eigenvalue weighted by molar-refractivity contribution is 9.10. The molecule has 1 aromatic carbocycles. The van der Waals surface area contributed by atoms with E-state index in [-0.39, 0.29) is 6.10 Å². The Kier molecular flexibility index (Phi) is 12.2. The van der Waals surface area contributed by atoms with E-state index in [0.29, 0.717) is 0 Å². The maximum atomic E-state index is 5.76. The lowest BCUT2D eigenvalue weighted by Gasteiger charge is -2.22. The van der Waals surface area contributed by atoms with Crippen molar-refractivity contribution in [2.24, 2.45) is 0 Å². The molecule has 1 rings (SSSR count). The fourth-order valence-corrected chi connectivity index (χ4v) is 3.28. The minimum Gasteiger partial charge on any atom is -0.490 e. The second kappa shape index (κ2) is 13.6. The number of rotatable bonds is 14. The number of benzene rings is 1. The van der Waals surface area contributed by atoms with E-state index in [1.165, 1.54) is 57.3 Å². The standard InChI is InChI=1S/C21H37BrN2O/c1-5-7-13-24(14-8-6-2)15-9-12-23-17-19-10-11-21(20(22)16-19)25-18(3)4/h10-11,16,18,23H,5-9,12-15,17H2,1-4H3. The molecule has 0 aromatic heterocycles. The van der Waals surface area contributed by atoms with Crippen LogP contribution in [0, 0.1) is 0 Å². The Hall–Kier alpha value is -0.580. The van der Waals surface area contributed by atoms with Crippen molar-refractivity contribution in [3.05, 3.63) is 28.2 Å². The highest BCUT2D eigenvalue weighted by Gasteiger charge is 2.06. The van der Waals surface area contributed by atoms with Gasteiger partial charge in [-0.3, -0.25) is 0 Å². The summed E-state index contributed by atoms with van der Waals surface area (Å²) in [5.74, 6) is 0.918. The van der Waals surface area contributed by atoms with Crippen LogP contribution in [0.15, 0.2) is 22.7 Å². The molecule has 0 amide bonds. The van der Waals surface area contributed by atoms with Gasteiger partial charge >= 0.3 is 0 Å². The molecule has 0 heterocycles. The van der Waals surface area contributed by atoms with Gasteiger partial charge in [0.2, 0.25) is 0 Å². The lowest BCUT2D eigenvalue weighted by atomic mass is 10.2. The first-order valence-corrected chi connectivity index (χ1v) is 10.7. The normalized spacial score (nSPS) is 11.5. The molecule has 25 heavy (non-hydrogen) atoms. The second-order valence-electron chi connectivity index (χ2n) is 7.01. The fourth-order valence-electron chi connectivity index (χ4n) is 2.76. The van der Waals surface area contributed by atoms with Gasteiger partial charge in [-0.1, -0.05) is 32.8 Å². The molecule has 0 atom stereocenters. The first-order chi connectivity index (χ1) is 12.1. The zero-order valence-corrected chi connectivity index (χ0v) is 18.2. The average Bonchev–Trinajstić information content (AvgIpc) is 2.58. The Morgan fingerprint density at radius 1 is 1.04 bits per heavy atom. The first kappa shape index (κ1) is 22.5.